The number of benzene rings is 2. The largest absolute Gasteiger partial charge is 0.309 e. The molecule has 3 aromatic rings. The zero-order valence-electron chi connectivity index (χ0n) is 19.2. The lowest BCUT2D eigenvalue weighted by Crippen LogP contribution is -2.21. The molecule has 0 aliphatic carbocycles. The highest BCUT2D eigenvalue weighted by Crippen LogP contribution is 2.31. The molecule has 0 spiro atoms. The van der Waals surface area contributed by atoms with Crippen LogP contribution in [-0.2, 0) is 10.0 Å². The number of aromatic amines is 1. The predicted molar refractivity (Wildman–Crippen MR) is 129 cm³/mol. The average molecular weight is 466 g/mol. The molecule has 4 rings (SSSR count). The molecule has 0 bridgehead atoms. The molecular weight excluding hydrogens is 438 g/mol. The van der Waals surface area contributed by atoms with Gasteiger partial charge in [-0.1, -0.05) is 50.6 Å². The van der Waals surface area contributed by atoms with Crippen molar-refractivity contribution < 1.29 is 8.42 Å². The Balaban J connectivity index is 0.000000383. The molecule has 2 aromatic carbocycles. The van der Waals surface area contributed by atoms with Crippen molar-refractivity contribution in [3.05, 3.63) is 69.8 Å². The van der Waals surface area contributed by atoms with E-state index >= 15 is 0 Å². The Bertz CT molecular complexity index is 1390. The molecule has 1 aliphatic heterocycles. The number of fused-ring (bicyclic) bond motifs is 2. The third-order valence-corrected chi connectivity index (χ3v) is 6.91. The van der Waals surface area contributed by atoms with Crippen molar-refractivity contribution in [1.82, 2.24) is 14.9 Å². The van der Waals surface area contributed by atoms with Crippen LogP contribution in [0.2, 0.25) is 0 Å². The first-order valence-electron chi connectivity index (χ1n) is 10.8. The van der Waals surface area contributed by atoms with E-state index in [0.717, 1.165) is 5.56 Å². The highest BCUT2D eigenvalue weighted by atomic mass is 32.2. The van der Waals surface area contributed by atoms with Crippen molar-refractivity contribution in [2.75, 3.05) is 19.6 Å². The Hall–Kier alpha value is -3.35. The van der Waals surface area contributed by atoms with Crippen LogP contribution >= 0.6 is 0 Å². The molecule has 0 amide bonds. The Labute approximate surface area is 193 Å². The van der Waals surface area contributed by atoms with E-state index in [1.165, 1.54) is 25.7 Å². The fraction of sp³-hybridized carbons (Fsp3) is 0.333. The number of rotatable bonds is 5. The maximum absolute atomic E-state index is 12.4. The maximum atomic E-state index is 12.4. The molecule has 1 unspecified atom stereocenters. The lowest BCUT2D eigenvalue weighted by Gasteiger charge is -2.13. The minimum Gasteiger partial charge on any atom is -0.309 e. The zero-order valence-corrected chi connectivity index (χ0v) is 20.0. The standard InChI is InChI=1S/C18H12N4O3S.C6H15N/c1-10-6-7-14-12(8-10)18(23)21-17(20-14)13(9-19)16-11-4-2-3-5-15(11)26(24,25)22-16;1-4-7(5-2)6-3/h2-8,13H,1H3,(H,20,21,23);4-6H2,1-3H3. The predicted octanol–water partition coefficient (Wildman–Crippen LogP) is 3.38. The number of nitrogens with zero attached hydrogens (tertiary/aromatic N) is 4. The third-order valence-electron chi connectivity index (χ3n) is 5.56. The number of aromatic nitrogens is 2. The van der Waals surface area contributed by atoms with E-state index in [0.29, 0.717) is 16.5 Å². The number of hydrogen-bond donors (Lipinski definition) is 1. The van der Waals surface area contributed by atoms with Crippen LogP contribution < -0.4 is 5.56 Å². The molecule has 1 atom stereocenters. The topological polar surface area (TPSA) is 119 Å². The number of hydrogen-bond acceptors (Lipinski definition) is 6. The molecule has 172 valence electrons. The van der Waals surface area contributed by atoms with Gasteiger partial charge in [-0.2, -0.15) is 18.1 Å². The van der Waals surface area contributed by atoms with E-state index < -0.39 is 15.9 Å². The number of nitrogens with one attached hydrogen (secondary N) is 1. The molecule has 0 radical (unpaired) electrons. The number of H-pyrrole nitrogens is 1. The van der Waals surface area contributed by atoms with Crippen LogP contribution in [0.3, 0.4) is 0 Å². The van der Waals surface area contributed by atoms with Crippen LogP contribution in [0.15, 0.2) is 56.6 Å². The first-order chi connectivity index (χ1) is 15.7. The summed E-state index contributed by atoms with van der Waals surface area (Å²) in [6, 6.07) is 13.5. The molecule has 33 heavy (non-hydrogen) atoms. The molecule has 1 aromatic heterocycles. The molecule has 1 N–H and O–H groups in total. The molecule has 0 saturated heterocycles. The molecule has 1 aliphatic rings. The summed E-state index contributed by atoms with van der Waals surface area (Å²) in [5.74, 6) is -1.04. The SMILES string of the molecule is CCN(CC)CC.Cc1ccc2nc(C(C#N)C3=NS(=O)(=O)c4ccccc43)[nH]c(=O)c2c1. The molecule has 2 heterocycles. The maximum Gasteiger partial charge on any atom is 0.283 e. The summed E-state index contributed by atoms with van der Waals surface area (Å²) < 4.78 is 28.2. The summed E-state index contributed by atoms with van der Waals surface area (Å²) >= 11 is 0. The first-order valence-corrected chi connectivity index (χ1v) is 12.3. The van der Waals surface area contributed by atoms with Gasteiger partial charge in [-0.25, -0.2) is 4.98 Å². The molecule has 9 heteroatoms. The van der Waals surface area contributed by atoms with Crippen LogP contribution in [0.25, 0.3) is 10.9 Å². The van der Waals surface area contributed by atoms with Gasteiger partial charge in [-0.3, -0.25) is 4.79 Å². The van der Waals surface area contributed by atoms with Gasteiger partial charge in [0.25, 0.3) is 15.6 Å². The van der Waals surface area contributed by atoms with Crippen molar-refractivity contribution in [3.63, 3.8) is 0 Å². The molecule has 8 nitrogen and oxygen atoms in total. The van der Waals surface area contributed by atoms with Crippen LogP contribution in [-0.4, -0.2) is 48.6 Å². The Morgan fingerprint density at radius 2 is 1.76 bits per heavy atom. The minimum absolute atomic E-state index is 0.0500. The van der Waals surface area contributed by atoms with Crippen LogP contribution in [0.4, 0.5) is 0 Å². The average Bonchev–Trinajstić information content (AvgIpc) is 3.07. The van der Waals surface area contributed by atoms with Crippen molar-refractivity contribution in [1.29, 1.82) is 5.26 Å². The van der Waals surface area contributed by atoms with Crippen molar-refractivity contribution in [3.8, 4) is 6.07 Å². The second kappa shape index (κ2) is 10.1. The van der Waals surface area contributed by atoms with E-state index in [2.05, 4.69) is 40.0 Å². The zero-order chi connectivity index (χ0) is 24.2. The van der Waals surface area contributed by atoms with Gasteiger partial charge in [0.15, 0.2) is 0 Å². The quantitative estimate of drug-likeness (QED) is 0.617. The lowest BCUT2D eigenvalue weighted by atomic mass is 9.97. The van der Waals surface area contributed by atoms with Crippen molar-refractivity contribution in [2.45, 2.75) is 38.5 Å². The minimum atomic E-state index is -3.86. The van der Waals surface area contributed by atoms with E-state index in [4.69, 9.17) is 0 Å². The van der Waals surface area contributed by atoms with Gasteiger partial charge in [-0.15, -0.1) is 0 Å². The van der Waals surface area contributed by atoms with Crippen molar-refractivity contribution >= 4 is 26.6 Å². The first kappa shape index (κ1) is 24.3. The summed E-state index contributed by atoms with van der Waals surface area (Å²) in [5, 5.41) is 10.1. The number of sulfonamides is 1. The monoisotopic (exact) mass is 465 g/mol. The Morgan fingerprint density at radius 1 is 1.09 bits per heavy atom. The van der Waals surface area contributed by atoms with E-state index in [-0.39, 0.29) is 22.0 Å². The summed E-state index contributed by atoms with van der Waals surface area (Å²) in [4.78, 5) is 21.8. The fourth-order valence-corrected chi connectivity index (χ4v) is 4.93. The van der Waals surface area contributed by atoms with Gasteiger partial charge in [0.2, 0.25) is 0 Å². The van der Waals surface area contributed by atoms with Gasteiger partial charge >= 0.3 is 0 Å². The second-order valence-corrected chi connectivity index (χ2v) is 9.17. The highest BCUT2D eigenvalue weighted by Gasteiger charge is 2.34. The van der Waals surface area contributed by atoms with Crippen LogP contribution in [0.5, 0.6) is 0 Å². The van der Waals surface area contributed by atoms with E-state index in [1.807, 2.05) is 19.1 Å². The Morgan fingerprint density at radius 3 is 2.36 bits per heavy atom. The second-order valence-electron chi connectivity index (χ2n) is 7.60. The highest BCUT2D eigenvalue weighted by molar-refractivity contribution is 7.90. The van der Waals surface area contributed by atoms with Crippen molar-refractivity contribution in [2.24, 2.45) is 4.40 Å². The number of nitriles is 1. The van der Waals surface area contributed by atoms with Gasteiger partial charge in [-0.05, 0) is 44.8 Å². The smallest absolute Gasteiger partial charge is 0.283 e. The third kappa shape index (κ3) is 5.02. The molecule has 0 fully saturated rings. The van der Waals surface area contributed by atoms with E-state index in [1.54, 1.807) is 30.3 Å². The lowest BCUT2D eigenvalue weighted by molar-refractivity contribution is 0.321. The Kier molecular flexibility index (Phi) is 7.41. The normalized spacial score (nSPS) is 14.7. The summed E-state index contributed by atoms with van der Waals surface area (Å²) in [5.41, 5.74) is 1.38. The van der Waals surface area contributed by atoms with Gasteiger partial charge in [0.1, 0.15) is 11.7 Å². The van der Waals surface area contributed by atoms with Crippen LogP contribution in [0, 0.1) is 18.3 Å². The van der Waals surface area contributed by atoms with Gasteiger partial charge in [0.05, 0.1) is 27.6 Å². The fourth-order valence-electron chi connectivity index (χ4n) is 3.67. The summed E-state index contributed by atoms with van der Waals surface area (Å²) in [7, 11) is -3.86. The number of aryl methyl sites for hydroxylation is 1. The van der Waals surface area contributed by atoms with Crippen LogP contribution in [0.1, 0.15) is 43.6 Å². The van der Waals surface area contributed by atoms with Gasteiger partial charge < -0.3 is 9.88 Å². The molecular formula is C24H27N5O3S. The summed E-state index contributed by atoms with van der Waals surface area (Å²) in [6.07, 6.45) is 0. The van der Waals surface area contributed by atoms with Gasteiger partial charge in [0, 0.05) is 5.56 Å². The summed E-state index contributed by atoms with van der Waals surface area (Å²) in [6.45, 7) is 12.0. The van der Waals surface area contributed by atoms with E-state index in [9.17, 15) is 18.5 Å². The molecule has 0 saturated carbocycles.